The quantitative estimate of drug-likeness (QED) is 0.851. The van der Waals surface area contributed by atoms with E-state index in [2.05, 4.69) is 15.5 Å². The molecule has 0 aliphatic carbocycles. The SMILES string of the molecule is O=C(CNCC1CN2CCCC2CO1)Nc1ccccc1. The maximum Gasteiger partial charge on any atom is 0.238 e. The van der Waals surface area contributed by atoms with Crippen molar-refractivity contribution >= 4 is 11.6 Å². The molecule has 2 aliphatic heterocycles. The first kappa shape index (κ1) is 14.5. The van der Waals surface area contributed by atoms with Gasteiger partial charge in [-0.3, -0.25) is 9.69 Å². The molecule has 2 aliphatic rings. The molecule has 1 aromatic rings. The van der Waals surface area contributed by atoms with Crippen LogP contribution in [0.1, 0.15) is 12.8 Å². The number of amides is 1. The van der Waals surface area contributed by atoms with Crippen LogP contribution in [0.3, 0.4) is 0 Å². The highest BCUT2D eigenvalue weighted by Gasteiger charge is 2.31. The summed E-state index contributed by atoms with van der Waals surface area (Å²) in [6.07, 6.45) is 2.75. The predicted octanol–water partition coefficient (Wildman–Crippen LogP) is 1.08. The Hall–Kier alpha value is -1.43. The number of carbonyl (C=O) groups is 1. The lowest BCUT2D eigenvalue weighted by atomic mass is 10.2. The molecule has 114 valence electrons. The van der Waals surface area contributed by atoms with Crippen molar-refractivity contribution in [2.75, 3.05) is 38.1 Å². The zero-order valence-corrected chi connectivity index (χ0v) is 12.3. The summed E-state index contributed by atoms with van der Waals surface area (Å²) < 4.78 is 5.86. The van der Waals surface area contributed by atoms with Gasteiger partial charge in [0.1, 0.15) is 0 Å². The summed E-state index contributed by atoms with van der Waals surface area (Å²) in [4.78, 5) is 14.3. The first-order valence-electron chi connectivity index (χ1n) is 7.72. The number of anilines is 1. The molecule has 2 heterocycles. The minimum atomic E-state index is -0.0175. The van der Waals surface area contributed by atoms with Gasteiger partial charge in [0.15, 0.2) is 0 Å². The third-order valence-corrected chi connectivity index (χ3v) is 4.18. The molecule has 2 saturated heterocycles. The average Bonchev–Trinajstić information content (AvgIpc) is 2.96. The highest BCUT2D eigenvalue weighted by atomic mass is 16.5. The number of nitrogens with one attached hydrogen (secondary N) is 2. The maximum absolute atomic E-state index is 11.8. The number of carbonyl (C=O) groups excluding carboxylic acids is 1. The van der Waals surface area contributed by atoms with Gasteiger partial charge >= 0.3 is 0 Å². The van der Waals surface area contributed by atoms with Gasteiger partial charge in [0, 0.05) is 24.8 Å². The summed E-state index contributed by atoms with van der Waals surface area (Å²) in [5.41, 5.74) is 0.832. The molecule has 5 heteroatoms. The monoisotopic (exact) mass is 289 g/mol. The molecule has 2 atom stereocenters. The molecule has 0 aromatic heterocycles. The fraction of sp³-hybridized carbons (Fsp3) is 0.562. The number of rotatable bonds is 5. The van der Waals surface area contributed by atoms with Gasteiger partial charge in [-0.15, -0.1) is 0 Å². The Morgan fingerprint density at radius 2 is 2.19 bits per heavy atom. The van der Waals surface area contributed by atoms with Gasteiger partial charge < -0.3 is 15.4 Å². The van der Waals surface area contributed by atoms with Crippen LogP contribution in [0, 0.1) is 0 Å². The second-order valence-electron chi connectivity index (χ2n) is 5.79. The van der Waals surface area contributed by atoms with E-state index < -0.39 is 0 Å². The van der Waals surface area contributed by atoms with E-state index in [9.17, 15) is 4.79 Å². The first-order valence-corrected chi connectivity index (χ1v) is 7.72. The van der Waals surface area contributed by atoms with E-state index in [0.29, 0.717) is 12.6 Å². The number of morpholine rings is 1. The normalized spacial score (nSPS) is 25.5. The molecule has 2 fully saturated rings. The van der Waals surface area contributed by atoms with Crippen LogP contribution in [0.4, 0.5) is 5.69 Å². The molecule has 21 heavy (non-hydrogen) atoms. The Morgan fingerprint density at radius 1 is 1.33 bits per heavy atom. The zero-order chi connectivity index (χ0) is 14.5. The summed E-state index contributed by atoms with van der Waals surface area (Å²) in [6, 6.07) is 10.1. The number of nitrogens with zero attached hydrogens (tertiary/aromatic N) is 1. The molecule has 1 amide bonds. The van der Waals surface area contributed by atoms with E-state index in [-0.39, 0.29) is 12.0 Å². The lowest BCUT2D eigenvalue weighted by molar-refractivity contribution is -0.115. The van der Waals surface area contributed by atoms with Gasteiger partial charge in [0.2, 0.25) is 5.91 Å². The van der Waals surface area contributed by atoms with Crippen LogP contribution in [0.5, 0.6) is 0 Å². The van der Waals surface area contributed by atoms with Crippen LogP contribution in [0.2, 0.25) is 0 Å². The second kappa shape index (κ2) is 7.02. The van der Waals surface area contributed by atoms with Crippen LogP contribution in [0.15, 0.2) is 30.3 Å². The van der Waals surface area contributed by atoms with Crippen LogP contribution >= 0.6 is 0 Å². The summed E-state index contributed by atoms with van der Waals surface area (Å²) in [6.45, 7) is 4.06. The Morgan fingerprint density at radius 3 is 3.05 bits per heavy atom. The van der Waals surface area contributed by atoms with Crippen molar-refractivity contribution < 1.29 is 9.53 Å². The minimum absolute atomic E-state index is 0.0175. The van der Waals surface area contributed by atoms with Crippen molar-refractivity contribution in [3.63, 3.8) is 0 Å². The smallest absolute Gasteiger partial charge is 0.238 e. The molecule has 2 unspecified atom stereocenters. The lowest BCUT2D eigenvalue weighted by Gasteiger charge is -2.35. The average molecular weight is 289 g/mol. The summed E-state index contributed by atoms with van der Waals surface area (Å²) in [5, 5.41) is 6.06. The molecule has 0 saturated carbocycles. The number of hydrogen-bond acceptors (Lipinski definition) is 4. The third kappa shape index (κ3) is 4.03. The summed E-state index contributed by atoms with van der Waals surface area (Å²) in [5.74, 6) is -0.0175. The molecule has 0 spiro atoms. The standard InChI is InChI=1S/C16H23N3O2/c20-16(18-13-5-2-1-3-6-13)10-17-9-15-11-19-8-4-7-14(19)12-21-15/h1-3,5-6,14-15,17H,4,7-12H2,(H,18,20). The van der Waals surface area contributed by atoms with E-state index >= 15 is 0 Å². The molecule has 5 nitrogen and oxygen atoms in total. The second-order valence-corrected chi connectivity index (χ2v) is 5.79. The van der Waals surface area contributed by atoms with Gasteiger partial charge in [0.05, 0.1) is 19.3 Å². The fourth-order valence-electron chi connectivity index (χ4n) is 3.08. The minimum Gasteiger partial charge on any atom is -0.374 e. The fourth-order valence-corrected chi connectivity index (χ4v) is 3.08. The molecule has 1 aromatic carbocycles. The topological polar surface area (TPSA) is 53.6 Å². The number of fused-ring (bicyclic) bond motifs is 1. The van der Waals surface area contributed by atoms with E-state index in [1.807, 2.05) is 30.3 Å². The molecular weight excluding hydrogens is 266 g/mol. The molecule has 0 bridgehead atoms. The third-order valence-electron chi connectivity index (χ3n) is 4.18. The van der Waals surface area contributed by atoms with E-state index in [0.717, 1.165) is 25.4 Å². The van der Waals surface area contributed by atoms with E-state index in [1.54, 1.807) is 0 Å². The number of ether oxygens (including phenoxy) is 1. The van der Waals surface area contributed by atoms with E-state index in [4.69, 9.17) is 4.74 Å². The van der Waals surface area contributed by atoms with Gasteiger partial charge in [-0.05, 0) is 31.5 Å². The highest BCUT2D eigenvalue weighted by molar-refractivity contribution is 5.92. The van der Waals surface area contributed by atoms with Crippen molar-refractivity contribution in [2.24, 2.45) is 0 Å². The Balaban J connectivity index is 1.35. The van der Waals surface area contributed by atoms with Crippen LogP contribution in [-0.4, -0.2) is 55.7 Å². The largest absolute Gasteiger partial charge is 0.374 e. The Labute approximate surface area is 125 Å². The predicted molar refractivity (Wildman–Crippen MR) is 82.3 cm³/mol. The number of para-hydroxylation sites is 1. The van der Waals surface area contributed by atoms with Crippen LogP contribution in [-0.2, 0) is 9.53 Å². The van der Waals surface area contributed by atoms with Crippen LogP contribution in [0.25, 0.3) is 0 Å². The lowest BCUT2D eigenvalue weighted by Crippen LogP contribution is -2.50. The number of hydrogen-bond donors (Lipinski definition) is 2. The van der Waals surface area contributed by atoms with Crippen molar-refractivity contribution in [1.29, 1.82) is 0 Å². The highest BCUT2D eigenvalue weighted by Crippen LogP contribution is 2.22. The Kier molecular flexibility index (Phi) is 4.85. The zero-order valence-electron chi connectivity index (χ0n) is 12.3. The molecule has 0 radical (unpaired) electrons. The van der Waals surface area contributed by atoms with Crippen LogP contribution < -0.4 is 10.6 Å². The summed E-state index contributed by atoms with van der Waals surface area (Å²) in [7, 11) is 0. The van der Waals surface area contributed by atoms with Gasteiger partial charge in [-0.2, -0.15) is 0 Å². The van der Waals surface area contributed by atoms with Crippen molar-refractivity contribution in [1.82, 2.24) is 10.2 Å². The van der Waals surface area contributed by atoms with Gasteiger partial charge in [0.25, 0.3) is 0 Å². The van der Waals surface area contributed by atoms with Crippen molar-refractivity contribution in [3.05, 3.63) is 30.3 Å². The molecular formula is C16H23N3O2. The summed E-state index contributed by atoms with van der Waals surface area (Å²) >= 11 is 0. The van der Waals surface area contributed by atoms with Crippen molar-refractivity contribution in [3.8, 4) is 0 Å². The van der Waals surface area contributed by atoms with Crippen molar-refractivity contribution in [2.45, 2.75) is 25.0 Å². The van der Waals surface area contributed by atoms with Gasteiger partial charge in [-0.1, -0.05) is 18.2 Å². The number of benzene rings is 1. The molecule has 3 rings (SSSR count). The first-order chi connectivity index (χ1) is 10.3. The molecule has 2 N–H and O–H groups in total. The maximum atomic E-state index is 11.8. The Bertz CT molecular complexity index is 466. The van der Waals surface area contributed by atoms with Gasteiger partial charge in [-0.25, -0.2) is 0 Å². The van der Waals surface area contributed by atoms with E-state index in [1.165, 1.54) is 19.4 Å².